The number of anilines is 1. The molecule has 1 fully saturated rings. The third-order valence-corrected chi connectivity index (χ3v) is 5.76. The maximum atomic E-state index is 12.3. The number of pyridine rings is 1. The first-order valence-corrected chi connectivity index (χ1v) is 10.4. The molecule has 152 valence electrons. The minimum Gasteiger partial charge on any atom is -0.495 e. The third kappa shape index (κ3) is 4.73. The van der Waals surface area contributed by atoms with Gasteiger partial charge in [-0.3, -0.25) is 9.78 Å². The standard InChI is InChI=1S/C20H23N5O3S/c1-25-20(26)17(21-6-5-19-22-7-8-29-19)10-18(24-25)28-12-13-9-15(13)16-4-3-14(27-2)11-23-16/h3-4,7-8,10-11,13,15,21H,5-6,9,12H2,1-2H3/t13-,15+/m1/s1. The molecule has 0 aromatic carbocycles. The number of aromatic nitrogens is 4. The zero-order valence-electron chi connectivity index (χ0n) is 16.4. The van der Waals surface area contributed by atoms with E-state index in [1.807, 2.05) is 17.5 Å². The Morgan fingerprint density at radius 1 is 1.34 bits per heavy atom. The summed E-state index contributed by atoms with van der Waals surface area (Å²) >= 11 is 1.60. The van der Waals surface area contributed by atoms with Gasteiger partial charge in [0.15, 0.2) is 0 Å². The minimum absolute atomic E-state index is 0.178. The van der Waals surface area contributed by atoms with Crippen molar-refractivity contribution < 1.29 is 9.47 Å². The van der Waals surface area contributed by atoms with Gasteiger partial charge in [-0.1, -0.05) is 0 Å². The molecule has 0 radical (unpaired) electrons. The number of hydrogen-bond acceptors (Lipinski definition) is 8. The lowest BCUT2D eigenvalue weighted by atomic mass is 10.2. The predicted molar refractivity (Wildman–Crippen MR) is 111 cm³/mol. The molecule has 0 saturated heterocycles. The van der Waals surface area contributed by atoms with E-state index in [0.29, 0.717) is 36.6 Å². The van der Waals surface area contributed by atoms with Crippen LogP contribution in [0.2, 0.25) is 0 Å². The Hall–Kier alpha value is -2.94. The Morgan fingerprint density at radius 3 is 2.97 bits per heavy atom. The Labute approximate surface area is 172 Å². The smallest absolute Gasteiger partial charge is 0.290 e. The van der Waals surface area contributed by atoms with Crippen molar-refractivity contribution in [3.05, 3.63) is 57.0 Å². The highest BCUT2D eigenvalue weighted by molar-refractivity contribution is 7.09. The molecule has 1 aliphatic carbocycles. The summed E-state index contributed by atoms with van der Waals surface area (Å²) < 4.78 is 12.3. The van der Waals surface area contributed by atoms with Crippen molar-refractivity contribution in [1.29, 1.82) is 0 Å². The number of nitrogens with one attached hydrogen (secondary N) is 1. The van der Waals surface area contributed by atoms with Crippen LogP contribution in [0.1, 0.15) is 23.0 Å². The number of nitrogens with zero attached hydrogens (tertiary/aromatic N) is 4. The summed E-state index contributed by atoms with van der Waals surface area (Å²) in [5.74, 6) is 1.99. The van der Waals surface area contributed by atoms with Crippen molar-refractivity contribution >= 4 is 17.0 Å². The zero-order valence-corrected chi connectivity index (χ0v) is 17.2. The minimum atomic E-state index is -0.178. The number of ether oxygens (including phenoxy) is 2. The molecule has 0 unspecified atom stereocenters. The molecular formula is C20H23N5O3S. The van der Waals surface area contributed by atoms with Gasteiger partial charge in [-0.15, -0.1) is 16.4 Å². The fourth-order valence-corrected chi connectivity index (χ4v) is 3.80. The summed E-state index contributed by atoms with van der Waals surface area (Å²) in [6, 6.07) is 5.60. The molecule has 1 aliphatic rings. The summed E-state index contributed by atoms with van der Waals surface area (Å²) in [6.45, 7) is 1.17. The van der Waals surface area contributed by atoms with Gasteiger partial charge < -0.3 is 14.8 Å². The fourth-order valence-electron chi connectivity index (χ4n) is 3.18. The molecule has 2 atom stereocenters. The Bertz CT molecular complexity index is 1000. The molecule has 29 heavy (non-hydrogen) atoms. The van der Waals surface area contributed by atoms with Crippen LogP contribution in [0.5, 0.6) is 11.6 Å². The van der Waals surface area contributed by atoms with E-state index < -0.39 is 0 Å². The molecule has 0 spiro atoms. The van der Waals surface area contributed by atoms with Gasteiger partial charge in [-0.05, 0) is 18.6 Å². The van der Waals surface area contributed by atoms with E-state index in [1.54, 1.807) is 44.0 Å². The van der Waals surface area contributed by atoms with Crippen LogP contribution in [0.3, 0.4) is 0 Å². The third-order valence-electron chi connectivity index (χ3n) is 4.92. The van der Waals surface area contributed by atoms with Gasteiger partial charge in [0.1, 0.15) is 11.4 Å². The summed E-state index contributed by atoms with van der Waals surface area (Å²) in [7, 11) is 3.26. The van der Waals surface area contributed by atoms with Crippen molar-refractivity contribution in [2.24, 2.45) is 13.0 Å². The van der Waals surface area contributed by atoms with Crippen molar-refractivity contribution in [2.45, 2.75) is 18.8 Å². The van der Waals surface area contributed by atoms with Crippen molar-refractivity contribution in [1.82, 2.24) is 19.7 Å². The molecule has 9 heteroatoms. The topological polar surface area (TPSA) is 91.2 Å². The van der Waals surface area contributed by atoms with E-state index in [4.69, 9.17) is 9.47 Å². The number of thiazole rings is 1. The maximum Gasteiger partial charge on any atom is 0.290 e. The van der Waals surface area contributed by atoms with Gasteiger partial charge in [0.05, 0.1) is 24.9 Å². The summed E-state index contributed by atoms with van der Waals surface area (Å²) in [5, 5.41) is 10.4. The first-order valence-electron chi connectivity index (χ1n) is 9.47. The van der Waals surface area contributed by atoms with Gasteiger partial charge in [-0.2, -0.15) is 0 Å². The highest BCUT2D eigenvalue weighted by Crippen LogP contribution is 2.46. The second-order valence-corrected chi connectivity index (χ2v) is 7.94. The van der Waals surface area contributed by atoms with Crippen molar-refractivity contribution in [3.8, 4) is 11.6 Å². The largest absolute Gasteiger partial charge is 0.495 e. The molecule has 3 aromatic heterocycles. The van der Waals surface area contributed by atoms with Gasteiger partial charge in [-0.25, -0.2) is 9.67 Å². The molecule has 0 amide bonds. The highest BCUT2D eigenvalue weighted by Gasteiger charge is 2.40. The fraction of sp³-hybridized carbons (Fsp3) is 0.400. The second-order valence-electron chi connectivity index (χ2n) is 6.96. The average molecular weight is 414 g/mol. The lowest BCUT2D eigenvalue weighted by Crippen LogP contribution is -2.24. The molecular weight excluding hydrogens is 390 g/mol. The molecule has 3 aromatic rings. The monoisotopic (exact) mass is 413 g/mol. The lowest BCUT2D eigenvalue weighted by Gasteiger charge is -2.10. The molecule has 0 bridgehead atoms. The van der Waals surface area contributed by atoms with Crippen LogP contribution >= 0.6 is 11.3 Å². The van der Waals surface area contributed by atoms with Crippen molar-refractivity contribution in [2.75, 3.05) is 25.6 Å². The van der Waals surface area contributed by atoms with Crippen LogP contribution in [-0.2, 0) is 13.5 Å². The number of aryl methyl sites for hydroxylation is 1. The predicted octanol–water partition coefficient (Wildman–Crippen LogP) is 2.48. The molecule has 4 rings (SSSR count). The van der Waals surface area contributed by atoms with E-state index in [0.717, 1.165) is 29.3 Å². The molecule has 0 aliphatic heterocycles. The van der Waals surface area contributed by atoms with Crippen LogP contribution in [0, 0.1) is 5.92 Å². The maximum absolute atomic E-state index is 12.3. The average Bonchev–Trinajstić information content (AvgIpc) is 3.33. The van der Waals surface area contributed by atoms with Gasteiger partial charge >= 0.3 is 0 Å². The van der Waals surface area contributed by atoms with E-state index in [2.05, 4.69) is 20.4 Å². The Kier molecular flexibility index (Phi) is 5.75. The number of hydrogen-bond donors (Lipinski definition) is 1. The molecule has 8 nitrogen and oxygen atoms in total. The van der Waals surface area contributed by atoms with E-state index in [1.165, 1.54) is 4.68 Å². The SMILES string of the molecule is COc1ccc([C@H]2C[C@@H]2COc2cc(NCCc3nccs3)c(=O)n(C)n2)nc1. The highest BCUT2D eigenvalue weighted by atomic mass is 32.1. The quantitative estimate of drug-likeness (QED) is 0.576. The Morgan fingerprint density at radius 2 is 2.24 bits per heavy atom. The second kappa shape index (κ2) is 8.60. The molecule has 3 heterocycles. The van der Waals surface area contributed by atoms with E-state index in [-0.39, 0.29) is 5.56 Å². The van der Waals surface area contributed by atoms with Crippen LogP contribution in [0.25, 0.3) is 0 Å². The molecule has 1 saturated carbocycles. The van der Waals surface area contributed by atoms with Crippen LogP contribution in [-0.4, -0.2) is 40.0 Å². The van der Waals surface area contributed by atoms with E-state index in [9.17, 15) is 4.79 Å². The van der Waals surface area contributed by atoms with Gasteiger partial charge in [0.25, 0.3) is 5.56 Å². The first-order chi connectivity index (χ1) is 14.1. The van der Waals surface area contributed by atoms with Gasteiger partial charge in [0, 0.05) is 55.2 Å². The van der Waals surface area contributed by atoms with Crippen LogP contribution < -0.4 is 20.3 Å². The first kappa shape index (κ1) is 19.4. The van der Waals surface area contributed by atoms with E-state index >= 15 is 0 Å². The Balaban J connectivity index is 1.32. The summed E-state index contributed by atoms with van der Waals surface area (Å²) in [6.07, 6.45) is 5.32. The van der Waals surface area contributed by atoms with Gasteiger partial charge in [0.2, 0.25) is 5.88 Å². The van der Waals surface area contributed by atoms with Crippen LogP contribution in [0.4, 0.5) is 5.69 Å². The summed E-state index contributed by atoms with van der Waals surface area (Å²) in [5.41, 5.74) is 1.36. The number of methoxy groups -OCH3 is 1. The zero-order chi connectivity index (χ0) is 20.2. The van der Waals surface area contributed by atoms with Crippen LogP contribution in [0.15, 0.2) is 40.8 Å². The summed E-state index contributed by atoms with van der Waals surface area (Å²) in [4.78, 5) is 21.0. The lowest BCUT2D eigenvalue weighted by molar-refractivity contribution is 0.278. The van der Waals surface area contributed by atoms with Crippen molar-refractivity contribution in [3.63, 3.8) is 0 Å². The molecule has 1 N–H and O–H groups in total. The normalized spacial score (nSPS) is 17.7. The number of rotatable bonds is 9.